The maximum atomic E-state index is 4.13. The number of hydrogen-bond acceptors (Lipinski definition) is 1. The lowest BCUT2D eigenvalue weighted by Crippen LogP contribution is -1.86. The predicted molar refractivity (Wildman–Crippen MR) is 43.2 cm³/mol. The lowest BCUT2D eigenvalue weighted by molar-refractivity contribution is 1.24. The van der Waals surface area contributed by atoms with Gasteiger partial charge in [-0.15, -0.1) is 0 Å². The molecule has 0 unspecified atom stereocenters. The molecule has 2 nitrogen and oxygen atoms in total. The number of pyridine rings is 1. The largest absolute Gasteiger partial charge is 0.282 e. The van der Waals surface area contributed by atoms with Gasteiger partial charge < -0.3 is 0 Å². The molecule has 0 aromatic carbocycles. The van der Waals surface area contributed by atoms with Crippen molar-refractivity contribution in [3.63, 3.8) is 0 Å². The molecule has 0 aromatic heterocycles. The molecule has 2 aliphatic heterocycles. The van der Waals surface area contributed by atoms with Crippen LogP contribution >= 0.6 is 16.1 Å². The summed E-state index contributed by atoms with van der Waals surface area (Å²) in [6, 6.07) is 5.89. The third kappa shape index (κ3) is 0.743. The van der Waals surface area contributed by atoms with E-state index in [2.05, 4.69) is 21.1 Å². The molecule has 2 heterocycles. The standard InChI is InChI=1S/C7H5BrN2/c8-10-5-1-2-6-7(10)3-4-9-6/h1-5H. The smallest absolute Gasteiger partial charge is 0.0876 e. The van der Waals surface area contributed by atoms with Gasteiger partial charge in [0.2, 0.25) is 0 Å². The van der Waals surface area contributed by atoms with E-state index >= 15 is 0 Å². The van der Waals surface area contributed by atoms with Crippen LogP contribution in [0.3, 0.4) is 0 Å². The number of aromatic nitrogens is 2. The molecule has 0 atom stereocenters. The Hall–Kier alpha value is -0.830. The van der Waals surface area contributed by atoms with E-state index < -0.39 is 0 Å². The highest BCUT2D eigenvalue weighted by Crippen LogP contribution is 2.20. The third-order valence-electron chi connectivity index (χ3n) is 1.41. The fraction of sp³-hybridized carbons (Fsp3) is 0. The van der Waals surface area contributed by atoms with E-state index in [1.807, 2.05) is 28.0 Å². The second-order valence-corrected chi connectivity index (χ2v) is 2.80. The highest BCUT2D eigenvalue weighted by Gasteiger charge is 2.03. The van der Waals surface area contributed by atoms with Crippen molar-refractivity contribution in [2.24, 2.45) is 0 Å². The van der Waals surface area contributed by atoms with Crippen LogP contribution in [0.15, 0.2) is 30.6 Å². The Morgan fingerprint density at radius 1 is 1.40 bits per heavy atom. The zero-order chi connectivity index (χ0) is 6.97. The summed E-state index contributed by atoms with van der Waals surface area (Å²) in [5.41, 5.74) is 2.11. The number of hydrogen-bond donors (Lipinski definition) is 0. The molecule has 2 aliphatic rings. The number of halogens is 1. The molecule has 0 N–H and O–H groups in total. The van der Waals surface area contributed by atoms with Gasteiger partial charge in [0, 0.05) is 12.4 Å². The Kier molecular flexibility index (Phi) is 1.24. The van der Waals surface area contributed by atoms with Crippen molar-refractivity contribution in [3.8, 4) is 11.4 Å². The van der Waals surface area contributed by atoms with Crippen molar-refractivity contribution in [2.75, 3.05) is 0 Å². The molecule has 0 saturated carbocycles. The topological polar surface area (TPSA) is 17.8 Å². The van der Waals surface area contributed by atoms with Crippen molar-refractivity contribution in [1.29, 1.82) is 0 Å². The summed E-state index contributed by atoms with van der Waals surface area (Å²) in [7, 11) is 0. The predicted octanol–water partition coefficient (Wildman–Crippen LogP) is 2.15. The molecule has 0 spiro atoms. The second-order valence-electron chi connectivity index (χ2n) is 2.03. The van der Waals surface area contributed by atoms with Crippen molar-refractivity contribution in [2.45, 2.75) is 0 Å². The molecule has 0 aliphatic carbocycles. The monoisotopic (exact) mass is 196 g/mol. The highest BCUT2D eigenvalue weighted by atomic mass is 79.9. The van der Waals surface area contributed by atoms with Crippen molar-refractivity contribution >= 4 is 16.1 Å². The van der Waals surface area contributed by atoms with Crippen molar-refractivity contribution in [3.05, 3.63) is 30.6 Å². The minimum Gasteiger partial charge on any atom is -0.282 e. The van der Waals surface area contributed by atoms with Crippen LogP contribution in [0.25, 0.3) is 11.4 Å². The molecule has 0 amide bonds. The fourth-order valence-corrected chi connectivity index (χ4v) is 1.38. The maximum absolute atomic E-state index is 4.13. The molecule has 0 saturated heterocycles. The highest BCUT2D eigenvalue weighted by molar-refractivity contribution is 9.08. The van der Waals surface area contributed by atoms with E-state index in [1.165, 1.54) is 0 Å². The molecule has 0 radical (unpaired) electrons. The van der Waals surface area contributed by atoms with E-state index in [4.69, 9.17) is 0 Å². The summed E-state index contributed by atoms with van der Waals surface area (Å²) in [5, 5.41) is 0. The first-order valence-corrected chi connectivity index (χ1v) is 3.67. The number of fused-ring (bicyclic) bond motifs is 1. The minimum atomic E-state index is 1.01. The van der Waals surface area contributed by atoms with Crippen LogP contribution in [0, 0.1) is 0 Å². The van der Waals surface area contributed by atoms with E-state index in [9.17, 15) is 0 Å². The summed E-state index contributed by atoms with van der Waals surface area (Å²) in [6.45, 7) is 0. The zero-order valence-electron chi connectivity index (χ0n) is 5.16. The van der Waals surface area contributed by atoms with E-state index in [0.717, 1.165) is 11.4 Å². The number of nitrogens with zero attached hydrogens (tertiary/aromatic N) is 2. The van der Waals surface area contributed by atoms with Gasteiger partial charge >= 0.3 is 0 Å². The summed E-state index contributed by atoms with van der Waals surface area (Å²) >= 11 is 3.35. The van der Waals surface area contributed by atoms with Crippen molar-refractivity contribution in [1.82, 2.24) is 8.58 Å². The third-order valence-corrected chi connectivity index (χ3v) is 2.03. The van der Waals surface area contributed by atoms with E-state index in [1.54, 1.807) is 6.20 Å². The van der Waals surface area contributed by atoms with Gasteiger partial charge in [0.1, 0.15) is 0 Å². The molecule has 2 rings (SSSR count). The maximum Gasteiger partial charge on any atom is 0.0876 e. The van der Waals surface area contributed by atoms with Gasteiger partial charge in [0.25, 0.3) is 0 Å². The summed E-state index contributed by atoms with van der Waals surface area (Å²) in [4.78, 5) is 4.13. The van der Waals surface area contributed by atoms with Crippen LogP contribution in [0.2, 0.25) is 0 Å². The Morgan fingerprint density at radius 2 is 2.30 bits per heavy atom. The first-order valence-electron chi connectivity index (χ1n) is 2.96. The SMILES string of the molecule is Brn1cccc2nccc1-2. The van der Waals surface area contributed by atoms with Crippen molar-refractivity contribution < 1.29 is 0 Å². The van der Waals surface area contributed by atoms with Gasteiger partial charge in [-0.05, 0) is 18.2 Å². The molecule has 3 heteroatoms. The Bertz CT molecular complexity index is 315. The summed E-state index contributed by atoms with van der Waals surface area (Å²) in [6.07, 6.45) is 3.73. The molecular weight excluding hydrogens is 192 g/mol. The van der Waals surface area contributed by atoms with Gasteiger partial charge in [-0.3, -0.25) is 8.58 Å². The van der Waals surface area contributed by atoms with Gasteiger partial charge in [0.05, 0.1) is 27.5 Å². The normalized spacial score (nSPS) is 10.5. The van der Waals surface area contributed by atoms with Gasteiger partial charge in [0.15, 0.2) is 0 Å². The second kappa shape index (κ2) is 2.09. The number of rotatable bonds is 0. The Balaban J connectivity index is 2.80. The fourth-order valence-electron chi connectivity index (χ4n) is 0.939. The van der Waals surface area contributed by atoms with Crippen LogP contribution < -0.4 is 0 Å². The average molecular weight is 197 g/mol. The van der Waals surface area contributed by atoms with Crippen LogP contribution in [-0.4, -0.2) is 8.58 Å². The van der Waals surface area contributed by atoms with E-state index in [0.29, 0.717) is 0 Å². The van der Waals surface area contributed by atoms with Crippen LogP contribution in [0.5, 0.6) is 0 Å². The molecule has 10 heavy (non-hydrogen) atoms. The lowest BCUT2D eigenvalue weighted by atomic mass is 10.3. The minimum absolute atomic E-state index is 1.01. The van der Waals surface area contributed by atoms with Crippen LogP contribution in [-0.2, 0) is 0 Å². The van der Waals surface area contributed by atoms with Gasteiger partial charge in [-0.25, -0.2) is 0 Å². The molecule has 50 valence electrons. The molecular formula is C7H5BrN2. The first kappa shape index (κ1) is 5.92. The Morgan fingerprint density at radius 3 is 3.10 bits per heavy atom. The van der Waals surface area contributed by atoms with Crippen LogP contribution in [0.4, 0.5) is 0 Å². The Labute approximate surface area is 67.2 Å². The zero-order valence-corrected chi connectivity index (χ0v) is 6.75. The first-order chi connectivity index (χ1) is 4.88. The van der Waals surface area contributed by atoms with Crippen LogP contribution in [0.1, 0.15) is 0 Å². The summed E-state index contributed by atoms with van der Waals surface area (Å²) < 4.78 is 1.87. The van der Waals surface area contributed by atoms with Gasteiger partial charge in [-0.2, -0.15) is 0 Å². The van der Waals surface area contributed by atoms with Gasteiger partial charge in [-0.1, -0.05) is 0 Å². The summed E-state index contributed by atoms with van der Waals surface area (Å²) in [5.74, 6) is 0. The molecule has 0 aromatic rings. The lowest BCUT2D eigenvalue weighted by Gasteiger charge is -2.00. The quantitative estimate of drug-likeness (QED) is 0.632. The molecule has 0 bridgehead atoms. The average Bonchev–Trinajstić information content (AvgIpc) is 2.36. The van der Waals surface area contributed by atoms with E-state index in [-0.39, 0.29) is 0 Å². The molecule has 0 fully saturated rings.